The van der Waals surface area contributed by atoms with E-state index in [4.69, 9.17) is 4.74 Å². The zero-order chi connectivity index (χ0) is 15.2. The molecule has 0 bridgehead atoms. The summed E-state index contributed by atoms with van der Waals surface area (Å²) in [6.45, 7) is 4.82. The Morgan fingerprint density at radius 3 is 2.52 bits per heavy atom. The number of hydrogen-bond acceptors (Lipinski definition) is 3. The molecule has 3 nitrogen and oxygen atoms in total. The van der Waals surface area contributed by atoms with Crippen LogP contribution in [0.25, 0.3) is 0 Å². The molecule has 0 aliphatic rings. The molecule has 1 aromatic carbocycles. The fourth-order valence-electron chi connectivity index (χ4n) is 2.22. The van der Waals surface area contributed by atoms with E-state index in [1.807, 2.05) is 13.8 Å². The maximum Gasteiger partial charge on any atom is 0.137 e. The molecule has 0 saturated heterocycles. The number of hydrogen-bond donors (Lipinski definition) is 1. The summed E-state index contributed by atoms with van der Waals surface area (Å²) in [5.74, 6) is -0.583. The molecule has 0 aliphatic carbocycles. The van der Waals surface area contributed by atoms with E-state index < -0.39 is 17.7 Å². The van der Waals surface area contributed by atoms with Gasteiger partial charge in [0.2, 0.25) is 0 Å². The van der Waals surface area contributed by atoms with Crippen LogP contribution in [0.3, 0.4) is 0 Å². The third-order valence-corrected chi connectivity index (χ3v) is 3.08. The molecule has 0 aliphatic heterocycles. The first-order valence-electron chi connectivity index (χ1n) is 6.92. The van der Waals surface area contributed by atoms with Gasteiger partial charge in [0, 0.05) is 11.8 Å². The number of aromatic nitrogens is 1. The topological polar surface area (TPSA) is 34.2 Å². The molecule has 1 heterocycles. The molecule has 0 spiro atoms. The number of benzene rings is 1. The van der Waals surface area contributed by atoms with E-state index in [2.05, 4.69) is 10.3 Å². The molecule has 0 radical (unpaired) electrons. The molecule has 5 heteroatoms. The Labute approximate surface area is 123 Å². The van der Waals surface area contributed by atoms with Crippen molar-refractivity contribution in [3.8, 4) is 5.75 Å². The quantitative estimate of drug-likeness (QED) is 0.885. The van der Waals surface area contributed by atoms with Crippen LogP contribution in [0.4, 0.5) is 8.78 Å². The molecular weight excluding hydrogens is 274 g/mol. The van der Waals surface area contributed by atoms with Crippen LogP contribution in [0.5, 0.6) is 5.75 Å². The second-order valence-corrected chi connectivity index (χ2v) is 4.51. The van der Waals surface area contributed by atoms with Crippen molar-refractivity contribution in [1.29, 1.82) is 0 Å². The van der Waals surface area contributed by atoms with Crippen LogP contribution < -0.4 is 10.1 Å². The first-order valence-corrected chi connectivity index (χ1v) is 6.92. The molecular formula is C16H18F2N2O. The van der Waals surface area contributed by atoms with E-state index in [0.717, 1.165) is 0 Å². The summed E-state index contributed by atoms with van der Waals surface area (Å²) >= 11 is 0. The minimum Gasteiger partial charge on any atom is -0.492 e. The summed E-state index contributed by atoms with van der Waals surface area (Å²) in [7, 11) is 0. The standard InChI is InChI=1S/C16H18F2N2O/c1-3-20-16(15-13(17)6-5-7-14(15)18)11-8-12(21-4-2)10-19-9-11/h5-10,16,20H,3-4H2,1-2H3. The van der Waals surface area contributed by atoms with Crippen LogP contribution in [-0.2, 0) is 0 Å². The van der Waals surface area contributed by atoms with Gasteiger partial charge in [-0.3, -0.25) is 4.98 Å². The van der Waals surface area contributed by atoms with Gasteiger partial charge < -0.3 is 10.1 Å². The summed E-state index contributed by atoms with van der Waals surface area (Å²) in [4.78, 5) is 4.08. The lowest BCUT2D eigenvalue weighted by Crippen LogP contribution is -2.24. The summed E-state index contributed by atoms with van der Waals surface area (Å²) in [6, 6.07) is 5.00. The van der Waals surface area contributed by atoms with Gasteiger partial charge in [0.1, 0.15) is 17.4 Å². The minimum atomic E-state index is -0.607. The number of rotatable bonds is 6. The normalized spacial score (nSPS) is 12.2. The maximum absolute atomic E-state index is 14.0. The van der Waals surface area contributed by atoms with Crippen molar-refractivity contribution >= 4 is 0 Å². The Kier molecular flexibility index (Phi) is 5.22. The van der Waals surface area contributed by atoms with Crippen LogP contribution in [0.2, 0.25) is 0 Å². The summed E-state index contributed by atoms with van der Waals surface area (Å²) in [5, 5.41) is 3.09. The molecule has 112 valence electrons. The number of halogens is 2. The van der Waals surface area contributed by atoms with Crippen LogP contribution in [-0.4, -0.2) is 18.1 Å². The predicted octanol–water partition coefficient (Wildman–Crippen LogP) is 3.46. The molecule has 1 unspecified atom stereocenters. The number of nitrogens with one attached hydrogen (secondary N) is 1. The predicted molar refractivity (Wildman–Crippen MR) is 77.3 cm³/mol. The van der Waals surface area contributed by atoms with E-state index in [1.165, 1.54) is 18.2 Å². The van der Waals surface area contributed by atoms with Crippen molar-refractivity contribution < 1.29 is 13.5 Å². The molecule has 1 atom stereocenters. The average Bonchev–Trinajstić information content (AvgIpc) is 2.47. The van der Waals surface area contributed by atoms with E-state index in [1.54, 1.807) is 18.5 Å². The zero-order valence-electron chi connectivity index (χ0n) is 12.1. The lowest BCUT2D eigenvalue weighted by atomic mass is 9.99. The highest BCUT2D eigenvalue weighted by Gasteiger charge is 2.21. The molecule has 0 amide bonds. The first kappa shape index (κ1) is 15.4. The second-order valence-electron chi connectivity index (χ2n) is 4.51. The summed E-state index contributed by atoms with van der Waals surface area (Å²) in [6.07, 6.45) is 3.16. The Hall–Kier alpha value is -2.01. The smallest absolute Gasteiger partial charge is 0.137 e. The van der Waals surface area contributed by atoms with E-state index in [-0.39, 0.29) is 5.56 Å². The average molecular weight is 292 g/mol. The fourth-order valence-corrected chi connectivity index (χ4v) is 2.22. The molecule has 0 saturated carbocycles. The van der Waals surface area contributed by atoms with Crippen LogP contribution in [0.15, 0.2) is 36.7 Å². The monoisotopic (exact) mass is 292 g/mol. The van der Waals surface area contributed by atoms with E-state index >= 15 is 0 Å². The summed E-state index contributed by atoms with van der Waals surface area (Å²) < 4.78 is 33.4. The SMILES string of the molecule is CCNC(c1cncc(OCC)c1)c1c(F)cccc1F. The Bertz CT molecular complexity index is 584. The van der Waals surface area contributed by atoms with Gasteiger partial charge in [-0.1, -0.05) is 13.0 Å². The lowest BCUT2D eigenvalue weighted by molar-refractivity contribution is 0.338. The van der Waals surface area contributed by atoms with Crippen LogP contribution in [0.1, 0.15) is 31.0 Å². The van der Waals surface area contributed by atoms with E-state index in [9.17, 15) is 8.78 Å². The Balaban J connectivity index is 2.46. The van der Waals surface area contributed by atoms with E-state index in [0.29, 0.717) is 24.5 Å². The Morgan fingerprint density at radius 2 is 1.90 bits per heavy atom. The lowest BCUT2D eigenvalue weighted by Gasteiger charge is -2.20. The van der Waals surface area contributed by atoms with Crippen molar-refractivity contribution in [2.75, 3.05) is 13.2 Å². The number of ether oxygens (including phenoxy) is 1. The Morgan fingerprint density at radius 1 is 1.19 bits per heavy atom. The molecule has 0 fully saturated rings. The van der Waals surface area contributed by atoms with Gasteiger partial charge in [0.25, 0.3) is 0 Å². The molecule has 1 aromatic heterocycles. The van der Waals surface area contributed by atoms with Crippen LogP contribution >= 0.6 is 0 Å². The van der Waals surface area contributed by atoms with Gasteiger partial charge in [-0.2, -0.15) is 0 Å². The van der Waals surface area contributed by atoms with Gasteiger partial charge in [0.05, 0.1) is 18.8 Å². The van der Waals surface area contributed by atoms with Gasteiger partial charge >= 0.3 is 0 Å². The highest BCUT2D eigenvalue weighted by molar-refractivity contribution is 5.35. The fraction of sp³-hybridized carbons (Fsp3) is 0.312. The number of pyridine rings is 1. The van der Waals surface area contributed by atoms with Gasteiger partial charge in [-0.05, 0) is 37.2 Å². The third-order valence-electron chi connectivity index (χ3n) is 3.08. The van der Waals surface area contributed by atoms with Crippen molar-refractivity contribution in [2.24, 2.45) is 0 Å². The van der Waals surface area contributed by atoms with Crippen molar-refractivity contribution in [3.63, 3.8) is 0 Å². The third kappa shape index (κ3) is 3.55. The molecule has 2 aromatic rings. The highest BCUT2D eigenvalue weighted by Crippen LogP contribution is 2.28. The van der Waals surface area contributed by atoms with Crippen molar-refractivity contribution in [2.45, 2.75) is 19.9 Å². The molecule has 1 N–H and O–H groups in total. The largest absolute Gasteiger partial charge is 0.492 e. The second kappa shape index (κ2) is 7.13. The number of nitrogens with zero attached hydrogens (tertiary/aromatic N) is 1. The minimum absolute atomic E-state index is 0.00482. The van der Waals surface area contributed by atoms with Crippen LogP contribution in [0, 0.1) is 11.6 Å². The maximum atomic E-state index is 14.0. The van der Waals surface area contributed by atoms with Crippen molar-refractivity contribution in [1.82, 2.24) is 10.3 Å². The summed E-state index contributed by atoms with van der Waals surface area (Å²) in [5.41, 5.74) is 0.654. The molecule has 21 heavy (non-hydrogen) atoms. The highest BCUT2D eigenvalue weighted by atomic mass is 19.1. The first-order chi connectivity index (χ1) is 10.2. The van der Waals surface area contributed by atoms with Crippen molar-refractivity contribution in [3.05, 3.63) is 59.4 Å². The van der Waals surface area contributed by atoms with Gasteiger partial charge in [-0.15, -0.1) is 0 Å². The zero-order valence-corrected chi connectivity index (χ0v) is 12.1. The van der Waals surface area contributed by atoms with Gasteiger partial charge in [0.15, 0.2) is 0 Å². The van der Waals surface area contributed by atoms with Gasteiger partial charge in [-0.25, -0.2) is 8.78 Å². The molecule has 2 rings (SSSR count).